The molecule has 0 aliphatic carbocycles. The van der Waals surface area contributed by atoms with Crippen molar-refractivity contribution in [2.75, 3.05) is 18.4 Å². The zero-order valence-corrected chi connectivity index (χ0v) is 16.2. The van der Waals surface area contributed by atoms with Gasteiger partial charge in [-0.15, -0.1) is 0 Å². The summed E-state index contributed by atoms with van der Waals surface area (Å²) in [6.45, 7) is 4.87. The van der Waals surface area contributed by atoms with Crippen LogP contribution in [0.4, 0.5) is 10.5 Å². The van der Waals surface area contributed by atoms with Gasteiger partial charge in [-0.1, -0.05) is 18.2 Å². The van der Waals surface area contributed by atoms with Gasteiger partial charge in [0.1, 0.15) is 0 Å². The van der Waals surface area contributed by atoms with Crippen molar-refractivity contribution < 1.29 is 9.59 Å². The van der Waals surface area contributed by atoms with E-state index in [1.54, 1.807) is 4.90 Å². The second-order valence-electron chi connectivity index (χ2n) is 7.24. The summed E-state index contributed by atoms with van der Waals surface area (Å²) in [5.74, 6) is -0.406. The largest absolute Gasteiger partial charge is 0.352 e. The third-order valence-corrected chi connectivity index (χ3v) is 5.04. The first kappa shape index (κ1) is 19.7. The maximum absolute atomic E-state index is 12.6. The minimum absolute atomic E-state index is 0.128. The Hall–Kier alpha value is -3.09. The number of likely N-dealkylation sites (tertiary alicyclic amines) is 1. The van der Waals surface area contributed by atoms with Gasteiger partial charge >= 0.3 is 6.03 Å². The molecule has 0 radical (unpaired) electrons. The maximum atomic E-state index is 12.6. The van der Waals surface area contributed by atoms with E-state index in [9.17, 15) is 14.4 Å². The van der Waals surface area contributed by atoms with Gasteiger partial charge in [0.05, 0.1) is 5.92 Å². The number of aromatic nitrogens is 1. The fourth-order valence-electron chi connectivity index (χ4n) is 3.52. The van der Waals surface area contributed by atoms with Gasteiger partial charge in [0, 0.05) is 36.6 Å². The fraction of sp³-hybridized carbons (Fsp3) is 0.381. The number of H-pyrrole nitrogens is 1. The van der Waals surface area contributed by atoms with Crippen molar-refractivity contribution in [3.63, 3.8) is 0 Å². The van der Waals surface area contributed by atoms with Crippen LogP contribution in [0.5, 0.6) is 0 Å². The van der Waals surface area contributed by atoms with Crippen molar-refractivity contribution in [2.24, 2.45) is 5.92 Å². The molecule has 7 nitrogen and oxygen atoms in total. The molecule has 1 atom stereocenters. The predicted molar refractivity (Wildman–Crippen MR) is 108 cm³/mol. The van der Waals surface area contributed by atoms with Gasteiger partial charge in [0.2, 0.25) is 5.91 Å². The number of carbonyl (C=O) groups is 2. The minimum Gasteiger partial charge on any atom is -0.352 e. The smallest absolute Gasteiger partial charge is 0.321 e. The number of pyridine rings is 1. The lowest BCUT2D eigenvalue weighted by Gasteiger charge is -2.32. The second kappa shape index (κ2) is 8.73. The number of hydrogen-bond acceptors (Lipinski definition) is 3. The van der Waals surface area contributed by atoms with Crippen LogP contribution in [-0.2, 0) is 11.3 Å². The van der Waals surface area contributed by atoms with Crippen LogP contribution in [0.2, 0.25) is 0 Å². The molecule has 0 bridgehead atoms. The number of aryl methyl sites for hydroxylation is 2. The summed E-state index contributed by atoms with van der Waals surface area (Å²) in [7, 11) is 0. The van der Waals surface area contributed by atoms with E-state index < -0.39 is 0 Å². The molecule has 1 fully saturated rings. The lowest BCUT2D eigenvalue weighted by Crippen LogP contribution is -2.47. The molecule has 3 rings (SSSR count). The van der Waals surface area contributed by atoms with Gasteiger partial charge in [-0.25, -0.2) is 4.79 Å². The Morgan fingerprint density at radius 2 is 1.96 bits per heavy atom. The molecule has 1 aliphatic rings. The van der Waals surface area contributed by atoms with Crippen molar-refractivity contribution >= 4 is 17.6 Å². The second-order valence-corrected chi connectivity index (χ2v) is 7.24. The van der Waals surface area contributed by atoms with E-state index in [-0.39, 0.29) is 30.0 Å². The number of rotatable bonds is 4. The molecule has 1 aromatic heterocycles. The molecule has 0 unspecified atom stereocenters. The Bertz CT molecular complexity index is 908. The Kier molecular flexibility index (Phi) is 6.13. The van der Waals surface area contributed by atoms with Gasteiger partial charge in [0.25, 0.3) is 5.56 Å². The summed E-state index contributed by atoms with van der Waals surface area (Å²) in [5, 5.41) is 5.72. The van der Waals surface area contributed by atoms with E-state index >= 15 is 0 Å². The summed E-state index contributed by atoms with van der Waals surface area (Å²) in [6, 6.07) is 10.9. The van der Waals surface area contributed by atoms with Crippen LogP contribution in [0, 0.1) is 19.8 Å². The average Bonchev–Trinajstić information content (AvgIpc) is 2.68. The van der Waals surface area contributed by atoms with Crippen LogP contribution in [0.25, 0.3) is 0 Å². The normalized spacial score (nSPS) is 16.5. The molecule has 148 valence electrons. The Balaban J connectivity index is 1.57. The number of carbonyl (C=O) groups excluding carboxylic acids is 2. The molecule has 2 heterocycles. The summed E-state index contributed by atoms with van der Waals surface area (Å²) < 4.78 is 0. The molecule has 1 saturated heterocycles. The number of hydrogen-bond donors (Lipinski definition) is 3. The maximum Gasteiger partial charge on any atom is 0.321 e. The van der Waals surface area contributed by atoms with E-state index in [1.165, 1.54) is 0 Å². The quantitative estimate of drug-likeness (QED) is 0.758. The van der Waals surface area contributed by atoms with Crippen molar-refractivity contribution in [1.82, 2.24) is 15.2 Å². The first-order valence-electron chi connectivity index (χ1n) is 9.52. The van der Waals surface area contributed by atoms with Crippen LogP contribution < -0.4 is 16.2 Å². The number of aromatic amines is 1. The highest BCUT2D eigenvalue weighted by molar-refractivity contribution is 5.90. The van der Waals surface area contributed by atoms with Gasteiger partial charge < -0.3 is 20.5 Å². The van der Waals surface area contributed by atoms with E-state index in [4.69, 9.17) is 0 Å². The molecule has 7 heteroatoms. The molecule has 28 heavy (non-hydrogen) atoms. The molecular weight excluding hydrogens is 356 g/mol. The van der Waals surface area contributed by atoms with Crippen molar-refractivity contribution in [3.05, 3.63) is 63.6 Å². The van der Waals surface area contributed by atoms with E-state index in [1.807, 2.05) is 50.2 Å². The lowest BCUT2D eigenvalue weighted by molar-refractivity contribution is -0.126. The fourth-order valence-corrected chi connectivity index (χ4v) is 3.52. The molecule has 3 N–H and O–H groups in total. The monoisotopic (exact) mass is 382 g/mol. The van der Waals surface area contributed by atoms with Crippen molar-refractivity contribution in [2.45, 2.75) is 33.2 Å². The summed E-state index contributed by atoms with van der Waals surface area (Å²) in [4.78, 5) is 41.6. The summed E-state index contributed by atoms with van der Waals surface area (Å²) in [5.41, 5.74) is 2.77. The SMILES string of the molecule is Cc1cc(C)c(CNC(=O)[C@H]2CCCN(C(=O)Nc3ccccc3)C2)c(=O)[nH]1. The molecule has 1 aliphatic heterocycles. The summed E-state index contributed by atoms with van der Waals surface area (Å²) in [6.07, 6.45) is 1.49. The minimum atomic E-state index is -0.278. The molecule has 0 saturated carbocycles. The topological polar surface area (TPSA) is 94.3 Å². The number of benzene rings is 1. The molecule has 1 aromatic carbocycles. The van der Waals surface area contributed by atoms with Crippen LogP contribution in [0.1, 0.15) is 29.7 Å². The zero-order valence-electron chi connectivity index (χ0n) is 16.2. The van der Waals surface area contributed by atoms with Crippen LogP contribution in [-0.4, -0.2) is 34.9 Å². The number of nitrogens with zero attached hydrogens (tertiary/aromatic N) is 1. The third-order valence-electron chi connectivity index (χ3n) is 5.04. The van der Waals surface area contributed by atoms with Gasteiger partial charge in [-0.05, 0) is 50.5 Å². The highest BCUT2D eigenvalue weighted by atomic mass is 16.2. The number of nitrogens with one attached hydrogen (secondary N) is 3. The van der Waals surface area contributed by atoms with Crippen LogP contribution >= 0.6 is 0 Å². The average molecular weight is 382 g/mol. The first-order valence-corrected chi connectivity index (χ1v) is 9.52. The number of amides is 3. The van der Waals surface area contributed by atoms with E-state index in [2.05, 4.69) is 15.6 Å². The van der Waals surface area contributed by atoms with Crippen molar-refractivity contribution in [3.8, 4) is 0 Å². The van der Waals surface area contributed by atoms with Gasteiger partial charge in [0.15, 0.2) is 0 Å². The number of para-hydroxylation sites is 1. The van der Waals surface area contributed by atoms with Crippen molar-refractivity contribution in [1.29, 1.82) is 0 Å². The van der Waals surface area contributed by atoms with Gasteiger partial charge in [-0.2, -0.15) is 0 Å². The third kappa shape index (κ3) is 4.79. The Morgan fingerprint density at radius 3 is 2.68 bits per heavy atom. The van der Waals surface area contributed by atoms with E-state index in [0.717, 1.165) is 29.8 Å². The van der Waals surface area contributed by atoms with Crippen LogP contribution in [0.3, 0.4) is 0 Å². The number of anilines is 1. The van der Waals surface area contributed by atoms with Crippen LogP contribution in [0.15, 0.2) is 41.2 Å². The molecule has 0 spiro atoms. The van der Waals surface area contributed by atoms with E-state index in [0.29, 0.717) is 18.7 Å². The molecule has 3 amide bonds. The number of urea groups is 1. The Morgan fingerprint density at radius 1 is 1.21 bits per heavy atom. The Labute approximate surface area is 164 Å². The number of piperidine rings is 1. The highest BCUT2D eigenvalue weighted by Gasteiger charge is 2.28. The highest BCUT2D eigenvalue weighted by Crippen LogP contribution is 2.18. The first-order chi connectivity index (χ1) is 13.4. The van der Waals surface area contributed by atoms with Gasteiger partial charge in [-0.3, -0.25) is 9.59 Å². The lowest BCUT2D eigenvalue weighted by atomic mass is 9.97. The molecule has 2 aromatic rings. The molecular formula is C21H26N4O3. The zero-order chi connectivity index (χ0) is 20.1. The predicted octanol–water partition coefficient (Wildman–Crippen LogP) is 2.55. The standard InChI is InChI=1S/C21H26N4O3/c1-14-11-15(2)23-20(27)18(14)12-22-19(26)16-7-6-10-25(13-16)21(28)24-17-8-4-3-5-9-17/h3-5,8-9,11,16H,6-7,10,12-13H2,1-2H3,(H,22,26)(H,23,27)(H,24,28)/t16-/m0/s1. The summed E-state index contributed by atoms with van der Waals surface area (Å²) >= 11 is 0.